The van der Waals surface area contributed by atoms with Crippen LogP contribution < -0.4 is 11.1 Å². The van der Waals surface area contributed by atoms with Gasteiger partial charge in [0.05, 0.1) is 22.9 Å². The van der Waals surface area contributed by atoms with Crippen molar-refractivity contribution in [3.8, 4) is 0 Å². The van der Waals surface area contributed by atoms with E-state index in [2.05, 4.69) is 12.2 Å². The number of anilines is 2. The second-order valence-corrected chi connectivity index (χ2v) is 5.32. The van der Waals surface area contributed by atoms with Gasteiger partial charge in [-0.3, -0.25) is 0 Å². The largest absolute Gasteiger partial charge is 0.462 e. The molecular weight excluding hydrogens is 264 g/mol. The van der Waals surface area contributed by atoms with Crippen LogP contribution in [0, 0.1) is 5.92 Å². The van der Waals surface area contributed by atoms with Gasteiger partial charge in [0.1, 0.15) is 0 Å². The summed E-state index contributed by atoms with van der Waals surface area (Å²) in [6, 6.07) is 3.53. The fourth-order valence-corrected chi connectivity index (χ4v) is 2.37. The summed E-state index contributed by atoms with van der Waals surface area (Å²) in [4.78, 5) is 12.0. The van der Waals surface area contributed by atoms with Gasteiger partial charge in [0.2, 0.25) is 0 Å². The van der Waals surface area contributed by atoms with Gasteiger partial charge in [-0.15, -0.1) is 0 Å². The van der Waals surface area contributed by atoms with Gasteiger partial charge in [0.15, 0.2) is 0 Å². The Morgan fingerprint density at radius 1 is 1.58 bits per heavy atom. The van der Waals surface area contributed by atoms with E-state index in [0.717, 1.165) is 0 Å². The predicted octanol–water partition coefficient (Wildman–Crippen LogP) is 3.31. The number of nitrogen functional groups attached to an aromatic ring is 1. The summed E-state index contributed by atoms with van der Waals surface area (Å²) in [5.41, 5.74) is 7.22. The monoisotopic (exact) mass is 282 g/mol. The molecule has 0 aromatic heterocycles. The molecule has 1 saturated carbocycles. The van der Waals surface area contributed by atoms with Gasteiger partial charge < -0.3 is 15.8 Å². The molecule has 1 unspecified atom stereocenters. The van der Waals surface area contributed by atoms with Crippen molar-refractivity contribution < 1.29 is 9.53 Å². The number of rotatable bonds is 5. The van der Waals surface area contributed by atoms with Crippen LogP contribution in [0.25, 0.3) is 0 Å². The topological polar surface area (TPSA) is 64.3 Å². The molecule has 3 N–H and O–H groups in total. The zero-order chi connectivity index (χ0) is 14.0. The van der Waals surface area contributed by atoms with Gasteiger partial charge in [-0.2, -0.15) is 0 Å². The lowest BCUT2D eigenvalue weighted by molar-refractivity contribution is 0.0527. The lowest BCUT2D eigenvalue weighted by Gasteiger charge is -2.19. The van der Waals surface area contributed by atoms with Crippen molar-refractivity contribution in [3.63, 3.8) is 0 Å². The van der Waals surface area contributed by atoms with Gasteiger partial charge in [0.25, 0.3) is 0 Å². The molecule has 1 aliphatic rings. The first-order chi connectivity index (χ1) is 9.02. The van der Waals surface area contributed by atoms with Crippen molar-refractivity contribution in [1.82, 2.24) is 0 Å². The third-order valence-electron chi connectivity index (χ3n) is 3.31. The Kier molecular flexibility index (Phi) is 4.20. The number of esters is 1. The van der Waals surface area contributed by atoms with E-state index in [0.29, 0.717) is 34.5 Å². The van der Waals surface area contributed by atoms with Crippen molar-refractivity contribution in [2.45, 2.75) is 32.7 Å². The molecule has 2 rings (SSSR count). The van der Waals surface area contributed by atoms with Crippen LogP contribution in [0.5, 0.6) is 0 Å². The van der Waals surface area contributed by atoms with Gasteiger partial charge in [-0.25, -0.2) is 4.79 Å². The average molecular weight is 283 g/mol. The molecule has 1 aromatic carbocycles. The molecule has 19 heavy (non-hydrogen) atoms. The van der Waals surface area contributed by atoms with Crippen molar-refractivity contribution in [2.75, 3.05) is 17.7 Å². The quantitative estimate of drug-likeness (QED) is 0.642. The maximum Gasteiger partial charge on any atom is 0.340 e. The molecule has 0 aliphatic heterocycles. The summed E-state index contributed by atoms with van der Waals surface area (Å²) in [6.07, 6.45) is 2.44. The first-order valence-corrected chi connectivity index (χ1v) is 6.93. The second kappa shape index (κ2) is 5.70. The van der Waals surface area contributed by atoms with E-state index < -0.39 is 5.97 Å². The Morgan fingerprint density at radius 3 is 2.84 bits per heavy atom. The van der Waals surface area contributed by atoms with E-state index in [9.17, 15) is 4.79 Å². The summed E-state index contributed by atoms with van der Waals surface area (Å²) in [5.74, 6) is 0.255. The normalized spacial score (nSPS) is 15.9. The minimum absolute atomic E-state index is 0.286. The fraction of sp³-hybridized carbons (Fsp3) is 0.500. The number of carbonyl (C=O) groups excluding carboxylic acids is 1. The SMILES string of the molecule is CCOC(=O)c1cc(N)cc(Cl)c1NC(C)C1CC1. The number of hydrogen-bond donors (Lipinski definition) is 2. The first kappa shape index (κ1) is 14.0. The molecule has 5 heteroatoms. The van der Waals surface area contributed by atoms with Crippen LogP contribution >= 0.6 is 11.6 Å². The summed E-state index contributed by atoms with van der Waals surface area (Å²) in [5, 5.41) is 3.77. The zero-order valence-corrected chi connectivity index (χ0v) is 12.0. The van der Waals surface area contributed by atoms with Gasteiger partial charge in [-0.1, -0.05) is 11.6 Å². The molecule has 0 saturated heterocycles. The number of nitrogens with two attached hydrogens (primary N) is 1. The van der Waals surface area contributed by atoms with Crippen molar-refractivity contribution in [2.24, 2.45) is 5.92 Å². The van der Waals surface area contributed by atoms with E-state index in [-0.39, 0.29) is 6.04 Å². The van der Waals surface area contributed by atoms with Crippen LogP contribution in [0.2, 0.25) is 5.02 Å². The van der Waals surface area contributed by atoms with E-state index >= 15 is 0 Å². The Labute approximate surface area is 118 Å². The fourth-order valence-electron chi connectivity index (χ4n) is 2.09. The third-order valence-corrected chi connectivity index (χ3v) is 3.61. The predicted molar refractivity (Wildman–Crippen MR) is 77.6 cm³/mol. The second-order valence-electron chi connectivity index (χ2n) is 4.92. The highest BCUT2D eigenvalue weighted by atomic mass is 35.5. The molecule has 1 aromatic rings. The number of hydrogen-bond acceptors (Lipinski definition) is 4. The summed E-state index contributed by atoms with van der Waals surface area (Å²) < 4.78 is 5.04. The smallest absolute Gasteiger partial charge is 0.340 e. The van der Waals surface area contributed by atoms with Gasteiger partial charge >= 0.3 is 5.97 Å². The first-order valence-electron chi connectivity index (χ1n) is 6.55. The van der Waals surface area contributed by atoms with Gasteiger partial charge in [0, 0.05) is 11.7 Å². The zero-order valence-electron chi connectivity index (χ0n) is 11.2. The van der Waals surface area contributed by atoms with E-state index in [1.165, 1.54) is 12.8 Å². The van der Waals surface area contributed by atoms with E-state index in [1.807, 2.05) is 0 Å². The summed E-state index contributed by atoms with van der Waals surface area (Å²) in [7, 11) is 0. The molecule has 0 radical (unpaired) electrons. The Hall–Kier alpha value is -1.42. The molecular formula is C14H19ClN2O2. The van der Waals surface area contributed by atoms with Crippen molar-refractivity contribution >= 4 is 28.9 Å². The minimum atomic E-state index is -0.401. The molecule has 0 amide bonds. The van der Waals surface area contributed by atoms with Crippen LogP contribution in [0.1, 0.15) is 37.0 Å². The number of halogens is 1. The Morgan fingerprint density at radius 2 is 2.26 bits per heavy atom. The standard InChI is InChI=1S/C14H19ClN2O2/c1-3-19-14(18)11-6-10(16)7-12(15)13(11)17-8(2)9-4-5-9/h6-9,17H,3-5,16H2,1-2H3. The minimum Gasteiger partial charge on any atom is -0.462 e. The molecule has 4 nitrogen and oxygen atoms in total. The molecule has 1 atom stereocenters. The Bertz CT molecular complexity index is 487. The van der Waals surface area contributed by atoms with Crippen LogP contribution in [-0.2, 0) is 4.74 Å². The highest BCUT2D eigenvalue weighted by molar-refractivity contribution is 6.34. The summed E-state index contributed by atoms with van der Waals surface area (Å²) in [6.45, 7) is 4.19. The molecule has 104 valence electrons. The van der Waals surface area contributed by atoms with Crippen LogP contribution in [0.4, 0.5) is 11.4 Å². The lowest BCUT2D eigenvalue weighted by Crippen LogP contribution is -2.20. The maximum atomic E-state index is 12.0. The molecule has 0 spiro atoms. The lowest BCUT2D eigenvalue weighted by atomic mass is 10.1. The average Bonchev–Trinajstić information content (AvgIpc) is 3.16. The van der Waals surface area contributed by atoms with E-state index in [1.54, 1.807) is 19.1 Å². The van der Waals surface area contributed by atoms with Crippen molar-refractivity contribution in [3.05, 3.63) is 22.7 Å². The Balaban J connectivity index is 2.30. The maximum absolute atomic E-state index is 12.0. The number of nitrogens with one attached hydrogen (secondary N) is 1. The number of benzene rings is 1. The molecule has 0 bridgehead atoms. The van der Waals surface area contributed by atoms with Crippen LogP contribution in [0.3, 0.4) is 0 Å². The highest BCUT2D eigenvalue weighted by Crippen LogP contribution is 2.37. The molecule has 0 heterocycles. The third kappa shape index (κ3) is 3.32. The molecule has 1 aliphatic carbocycles. The van der Waals surface area contributed by atoms with Gasteiger partial charge in [-0.05, 0) is 44.7 Å². The van der Waals surface area contributed by atoms with Crippen LogP contribution in [0.15, 0.2) is 12.1 Å². The number of ether oxygens (including phenoxy) is 1. The van der Waals surface area contributed by atoms with E-state index in [4.69, 9.17) is 22.1 Å². The summed E-state index contributed by atoms with van der Waals surface area (Å²) >= 11 is 6.20. The molecule has 1 fully saturated rings. The highest BCUT2D eigenvalue weighted by Gasteiger charge is 2.29. The van der Waals surface area contributed by atoms with Crippen LogP contribution in [-0.4, -0.2) is 18.6 Å². The number of carbonyl (C=O) groups is 1. The van der Waals surface area contributed by atoms with Crippen molar-refractivity contribution in [1.29, 1.82) is 0 Å².